The molecular weight excluding hydrogens is 423 g/mol. The van der Waals surface area contributed by atoms with Crippen molar-refractivity contribution in [3.63, 3.8) is 0 Å². The summed E-state index contributed by atoms with van der Waals surface area (Å²) in [4.78, 5) is 9.15. The lowest BCUT2D eigenvalue weighted by Gasteiger charge is -2.26. The number of ether oxygens (including phenoxy) is 3. The molecule has 4 atom stereocenters. The van der Waals surface area contributed by atoms with Crippen molar-refractivity contribution in [2.45, 2.75) is 58.0 Å². The molecule has 0 saturated heterocycles. The Morgan fingerprint density at radius 2 is 1.94 bits per heavy atom. The van der Waals surface area contributed by atoms with Gasteiger partial charge >= 0.3 is 0 Å². The number of halogens is 1. The Labute approximate surface area is 191 Å². The standard InChI is InChI=1S/C25H25FN4O3/c1-12(2)18-6-14(10-27)23-15-7-22(24(28)29-11-15)31-13(3)17-8-16(26)4-5-19(17)32-20-9-21(20)33-25(23)30-18/h4-5,7-8,11-13,18,20-21H,6,9H2,1-3H3,(H2,28,29). The van der Waals surface area contributed by atoms with Gasteiger partial charge in [0.25, 0.3) is 0 Å². The molecule has 1 saturated carbocycles. The van der Waals surface area contributed by atoms with Crippen LogP contribution in [0.25, 0.3) is 5.57 Å². The zero-order chi connectivity index (χ0) is 23.3. The number of rotatable bonds is 1. The van der Waals surface area contributed by atoms with E-state index >= 15 is 0 Å². The third-order valence-corrected chi connectivity index (χ3v) is 6.22. The Morgan fingerprint density at radius 3 is 2.70 bits per heavy atom. The van der Waals surface area contributed by atoms with Gasteiger partial charge < -0.3 is 19.9 Å². The average molecular weight is 448 g/mol. The topological polar surface area (TPSA) is 103 Å². The second kappa shape index (κ2) is 8.07. The van der Waals surface area contributed by atoms with E-state index in [0.29, 0.717) is 52.5 Å². The summed E-state index contributed by atoms with van der Waals surface area (Å²) in [6.45, 7) is 5.95. The molecule has 5 rings (SSSR count). The first-order valence-corrected chi connectivity index (χ1v) is 11.1. The molecule has 8 heteroatoms. The molecule has 1 fully saturated rings. The molecule has 0 radical (unpaired) electrons. The molecule has 2 aromatic rings. The lowest BCUT2D eigenvalue weighted by atomic mass is 9.89. The van der Waals surface area contributed by atoms with Gasteiger partial charge in [0, 0.05) is 35.7 Å². The highest BCUT2D eigenvalue weighted by atomic mass is 19.1. The first kappa shape index (κ1) is 21.3. The van der Waals surface area contributed by atoms with Gasteiger partial charge in [0.15, 0.2) is 11.6 Å². The zero-order valence-electron chi connectivity index (χ0n) is 18.7. The van der Waals surface area contributed by atoms with Gasteiger partial charge in [-0.15, -0.1) is 0 Å². The summed E-state index contributed by atoms with van der Waals surface area (Å²) in [6, 6.07) is 8.38. The highest BCUT2D eigenvalue weighted by Gasteiger charge is 2.45. The van der Waals surface area contributed by atoms with Crippen molar-refractivity contribution >= 4 is 17.3 Å². The molecule has 33 heavy (non-hydrogen) atoms. The summed E-state index contributed by atoms with van der Waals surface area (Å²) >= 11 is 0. The Kier molecular flexibility index (Phi) is 5.20. The van der Waals surface area contributed by atoms with Crippen LogP contribution < -0.4 is 15.2 Å². The molecule has 7 nitrogen and oxygen atoms in total. The molecule has 0 amide bonds. The first-order valence-electron chi connectivity index (χ1n) is 11.1. The van der Waals surface area contributed by atoms with Crippen molar-refractivity contribution in [3.05, 3.63) is 53.0 Å². The van der Waals surface area contributed by atoms with Crippen molar-refractivity contribution in [2.24, 2.45) is 10.9 Å². The number of anilines is 1. The van der Waals surface area contributed by atoms with Gasteiger partial charge in [-0.3, -0.25) is 0 Å². The van der Waals surface area contributed by atoms with Crippen molar-refractivity contribution in [2.75, 3.05) is 5.73 Å². The normalized spacial score (nSPS) is 25.9. The predicted molar refractivity (Wildman–Crippen MR) is 121 cm³/mol. The van der Waals surface area contributed by atoms with Crippen molar-refractivity contribution in [3.8, 4) is 17.6 Å². The van der Waals surface area contributed by atoms with E-state index in [-0.39, 0.29) is 35.8 Å². The van der Waals surface area contributed by atoms with Crippen molar-refractivity contribution < 1.29 is 18.6 Å². The first-order chi connectivity index (χ1) is 15.8. The smallest absolute Gasteiger partial charge is 0.218 e. The molecule has 1 aliphatic carbocycles. The number of hydrogen-bond acceptors (Lipinski definition) is 7. The molecule has 1 aromatic carbocycles. The van der Waals surface area contributed by atoms with Crippen LogP contribution in [-0.2, 0) is 4.74 Å². The van der Waals surface area contributed by atoms with E-state index in [1.165, 1.54) is 12.1 Å². The molecule has 4 unspecified atom stereocenters. The van der Waals surface area contributed by atoms with Gasteiger partial charge in [0.05, 0.1) is 17.7 Å². The lowest BCUT2D eigenvalue weighted by molar-refractivity contribution is 0.189. The summed E-state index contributed by atoms with van der Waals surface area (Å²) in [7, 11) is 0. The highest BCUT2D eigenvalue weighted by Crippen LogP contribution is 2.41. The molecule has 2 N–H and O–H groups in total. The number of aliphatic imine (C=N–C) groups is 1. The number of nitrogens with zero attached hydrogens (tertiary/aromatic N) is 3. The van der Waals surface area contributed by atoms with Crippen LogP contribution in [0.3, 0.4) is 0 Å². The van der Waals surface area contributed by atoms with E-state index in [1.807, 2.05) is 0 Å². The molecule has 3 heterocycles. The number of nitrogens with two attached hydrogens (primary N) is 1. The van der Waals surface area contributed by atoms with E-state index in [9.17, 15) is 9.65 Å². The minimum absolute atomic E-state index is 0.0617. The van der Waals surface area contributed by atoms with Crippen LogP contribution in [0.4, 0.5) is 10.2 Å². The lowest BCUT2D eigenvalue weighted by Crippen LogP contribution is -2.26. The molecule has 1 aromatic heterocycles. The number of pyridine rings is 1. The quantitative estimate of drug-likeness (QED) is 0.684. The van der Waals surface area contributed by atoms with Crippen LogP contribution in [0.15, 0.2) is 41.0 Å². The number of hydrogen-bond donors (Lipinski definition) is 1. The number of nitrogen functional groups attached to an aromatic ring is 1. The van der Waals surface area contributed by atoms with Crippen LogP contribution in [0.5, 0.6) is 11.5 Å². The average Bonchev–Trinajstić information content (AvgIpc) is 3.52. The second-order valence-corrected chi connectivity index (χ2v) is 9.01. The van der Waals surface area contributed by atoms with Crippen molar-refractivity contribution in [1.82, 2.24) is 4.98 Å². The van der Waals surface area contributed by atoms with Crippen LogP contribution in [0.2, 0.25) is 0 Å². The maximum atomic E-state index is 14.1. The van der Waals surface area contributed by atoms with E-state index in [4.69, 9.17) is 24.9 Å². The molecule has 170 valence electrons. The summed E-state index contributed by atoms with van der Waals surface area (Å²) in [5.41, 5.74) is 8.50. The number of benzene rings is 1. The van der Waals surface area contributed by atoms with Gasteiger partial charge in [-0.25, -0.2) is 14.4 Å². The van der Waals surface area contributed by atoms with Gasteiger partial charge in [-0.1, -0.05) is 13.8 Å². The summed E-state index contributed by atoms with van der Waals surface area (Å²) in [5.74, 6) is 1.32. The predicted octanol–water partition coefficient (Wildman–Crippen LogP) is 4.60. The number of nitriles is 1. The number of dihydropyridines is 1. The summed E-state index contributed by atoms with van der Waals surface area (Å²) in [6.07, 6.45) is 1.80. The second-order valence-electron chi connectivity index (χ2n) is 9.01. The van der Waals surface area contributed by atoms with Gasteiger partial charge in [-0.05, 0) is 37.1 Å². The van der Waals surface area contributed by atoms with E-state index < -0.39 is 6.10 Å². The Balaban J connectivity index is 1.65. The third-order valence-electron chi connectivity index (χ3n) is 6.22. The fourth-order valence-electron chi connectivity index (χ4n) is 4.16. The monoisotopic (exact) mass is 448 g/mol. The molecule has 2 aliphatic heterocycles. The maximum Gasteiger partial charge on any atom is 0.218 e. The zero-order valence-corrected chi connectivity index (χ0v) is 18.7. The third kappa shape index (κ3) is 3.99. The Morgan fingerprint density at radius 1 is 1.15 bits per heavy atom. The Bertz CT molecular complexity index is 1220. The van der Waals surface area contributed by atoms with Gasteiger partial charge in [0.2, 0.25) is 5.90 Å². The van der Waals surface area contributed by atoms with Crippen LogP contribution >= 0.6 is 0 Å². The molecule has 2 bridgehead atoms. The molecular formula is C25H25FN4O3. The van der Waals surface area contributed by atoms with Crippen molar-refractivity contribution in [1.29, 1.82) is 5.26 Å². The van der Waals surface area contributed by atoms with Crippen LogP contribution in [0, 0.1) is 23.1 Å². The van der Waals surface area contributed by atoms with Gasteiger partial charge in [-0.2, -0.15) is 5.26 Å². The number of aromatic nitrogens is 1. The van der Waals surface area contributed by atoms with Gasteiger partial charge in [0.1, 0.15) is 29.9 Å². The number of fused-ring (bicyclic) bond motifs is 6. The minimum Gasteiger partial charge on any atom is -0.486 e. The summed E-state index contributed by atoms with van der Waals surface area (Å²) in [5, 5.41) is 9.96. The Hall–Kier alpha value is -3.60. The largest absolute Gasteiger partial charge is 0.486 e. The molecule has 0 spiro atoms. The fourth-order valence-corrected chi connectivity index (χ4v) is 4.16. The van der Waals surface area contributed by atoms with Crippen LogP contribution in [0.1, 0.15) is 50.8 Å². The van der Waals surface area contributed by atoms with E-state index in [1.54, 1.807) is 25.3 Å². The molecule has 3 aliphatic rings. The van der Waals surface area contributed by atoms with E-state index in [2.05, 4.69) is 24.9 Å². The minimum atomic E-state index is -0.553. The van der Waals surface area contributed by atoms with E-state index in [0.717, 1.165) is 0 Å². The SMILES string of the molecule is CC1Oc2cc(cnc2N)C2=C(C#N)CC(C(C)C)N=C2OC2CC2Oc2ccc(F)cc21. The van der Waals surface area contributed by atoms with Crippen LogP contribution in [-0.4, -0.2) is 29.1 Å². The fraction of sp³-hybridized carbons (Fsp3) is 0.400. The highest BCUT2D eigenvalue weighted by molar-refractivity contribution is 6.22. The summed E-state index contributed by atoms with van der Waals surface area (Å²) < 4.78 is 32.6. The maximum absolute atomic E-state index is 14.1.